The molecule has 29 heavy (non-hydrogen) atoms. The van der Waals surface area contributed by atoms with Gasteiger partial charge in [-0.15, -0.1) is 0 Å². The minimum Gasteiger partial charge on any atom is -0.280 e. The molecule has 0 aliphatic rings. The van der Waals surface area contributed by atoms with Crippen molar-refractivity contribution in [3.8, 4) is 0 Å². The molecule has 1 N–H and O–H groups in total. The number of sulfonamides is 2. The third-order valence-electron chi connectivity index (χ3n) is 4.19. The first-order chi connectivity index (χ1) is 13.7. The van der Waals surface area contributed by atoms with Crippen LogP contribution in [-0.4, -0.2) is 28.2 Å². The molecule has 152 valence electrons. The normalized spacial score (nSPS) is 12.1. The van der Waals surface area contributed by atoms with Crippen molar-refractivity contribution in [2.45, 2.75) is 16.3 Å². The van der Waals surface area contributed by atoms with Gasteiger partial charge in [-0.05, 0) is 42.0 Å². The quantitative estimate of drug-likeness (QED) is 0.590. The summed E-state index contributed by atoms with van der Waals surface area (Å²) in [4.78, 5) is 0.0116. The molecule has 0 unspecified atom stereocenters. The molecule has 0 radical (unpaired) electrons. The molecule has 0 amide bonds. The van der Waals surface area contributed by atoms with Crippen LogP contribution in [0.15, 0.2) is 88.7 Å². The first-order valence-corrected chi connectivity index (χ1v) is 11.9. The summed E-state index contributed by atoms with van der Waals surface area (Å²) in [5.74, 6) is 0. The number of anilines is 1. The number of hydrogen-bond acceptors (Lipinski definition) is 4. The Morgan fingerprint density at radius 1 is 0.828 bits per heavy atom. The summed E-state index contributed by atoms with van der Waals surface area (Å²) in [7, 11) is -6.12. The maximum Gasteiger partial charge on any atom is 0.263 e. The van der Waals surface area contributed by atoms with E-state index in [2.05, 4.69) is 4.72 Å². The van der Waals surface area contributed by atoms with Crippen LogP contribution >= 0.6 is 11.6 Å². The summed E-state index contributed by atoms with van der Waals surface area (Å²) < 4.78 is 54.2. The Bertz CT molecular complexity index is 1200. The first kappa shape index (κ1) is 21.3. The van der Waals surface area contributed by atoms with Crippen molar-refractivity contribution in [2.24, 2.45) is 0 Å². The van der Waals surface area contributed by atoms with Gasteiger partial charge in [-0.1, -0.05) is 54.1 Å². The average molecular weight is 451 g/mol. The van der Waals surface area contributed by atoms with Crippen LogP contribution < -0.4 is 4.72 Å². The Labute approximate surface area is 175 Å². The zero-order valence-corrected chi connectivity index (χ0v) is 17.9. The van der Waals surface area contributed by atoms with Gasteiger partial charge in [0.1, 0.15) is 4.90 Å². The van der Waals surface area contributed by atoms with Gasteiger partial charge in [-0.2, -0.15) is 4.31 Å². The van der Waals surface area contributed by atoms with Gasteiger partial charge in [0, 0.05) is 19.3 Å². The summed E-state index contributed by atoms with van der Waals surface area (Å²) in [6, 6.07) is 20.8. The van der Waals surface area contributed by atoms with E-state index in [1.807, 2.05) is 30.3 Å². The van der Waals surface area contributed by atoms with E-state index < -0.39 is 20.0 Å². The van der Waals surface area contributed by atoms with E-state index in [0.717, 1.165) is 5.56 Å². The van der Waals surface area contributed by atoms with Crippen LogP contribution in [0.5, 0.6) is 0 Å². The molecule has 0 spiro atoms. The van der Waals surface area contributed by atoms with E-state index in [-0.39, 0.29) is 27.0 Å². The minimum absolute atomic E-state index is 0.0547. The Morgan fingerprint density at radius 3 is 2.03 bits per heavy atom. The highest BCUT2D eigenvalue weighted by Gasteiger charge is 2.22. The molecule has 0 bridgehead atoms. The molecular weight excluding hydrogens is 432 g/mol. The molecule has 0 fully saturated rings. The summed E-state index contributed by atoms with van der Waals surface area (Å²) in [5.41, 5.74) is 1.09. The summed E-state index contributed by atoms with van der Waals surface area (Å²) in [6.07, 6.45) is 0. The predicted octanol–water partition coefficient (Wildman–Crippen LogP) is 3.96. The van der Waals surface area contributed by atoms with Gasteiger partial charge < -0.3 is 0 Å². The molecule has 3 aromatic carbocycles. The van der Waals surface area contributed by atoms with Crippen LogP contribution in [0.3, 0.4) is 0 Å². The third kappa shape index (κ3) is 4.97. The molecule has 0 saturated heterocycles. The molecule has 0 saturated carbocycles. The highest BCUT2D eigenvalue weighted by Crippen LogP contribution is 2.24. The molecule has 6 nitrogen and oxygen atoms in total. The summed E-state index contributed by atoms with van der Waals surface area (Å²) >= 11 is 5.96. The number of rotatable bonds is 7. The second-order valence-electron chi connectivity index (χ2n) is 6.31. The van der Waals surface area contributed by atoms with E-state index in [1.165, 1.54) is 47.8 Å². The van der Waals surface area contributed by atoms with Crippen molar-refractivity contribution in [2.75, 3.05) is 11.8 Å². The van der Waals surface area contributed by atoms with Crippen LogP contribution in [-0.2, 0) is 26.6 Å². The van der Waals surface area contributed by atoms with Gasteiger partial charge in [0.2, 0.25) is 10.0 Å². The number of nitrogens with one attached hydrogen (secondary N) is 1. The monoisotopic (exact) mass is 450 g/mol. The van der Waals surface area contributed by atoms with Crippen LogP contribution in [0.4, 0.5) is 5.69 Å². The molecule has 9 heteroatoms. The molecule has 0 aromatic heterocycles. The van der Waals surface area contributed by atoms with Crippen molar-refractivity contribution in [3.05, 3.63) is 89.4 Å². The third-order valence-corrected chi connectivity index (χ3v) is 7.89. The second-order valence-corrected chi connectivity index (χ2v) is 10.4. The number of benzene rings is 3. The fourth-order valence-corrected chi connectivity index (χ4v) is 5.41. The van der Waals surface area contributed by atoms with Crippen LogP contribution in [0.25, 0.3) is 0 Å². The van der Waals surface area contributed by atoms with Crippen molar-refractivity contribution in [1.29, 1.82) is 0 Å². The lowest BCUT2D eigenvalue weighted by Crippen LogP contribution is -2.26. The summed E-state index contributed by atoms with van der Waals surface area (Å²) in [6.45, 7) is 0.226. The van der Waals surface area contributed by atoms with E-state index in [9.17, 15) is 16.8 Å². The summed E-state index contributed by atoms with van der Waals surface area (Å²) in [5, 5.41) is 0.0988. The van der Waals surface area contributed by atoms with Gasteiger partial charge in [0.15, 0.2) is 0 Å². The fourth-order valence-electron chi connectivity index (χ4n) is 2.67. The lowest BCUT2D eigenvalue weighted by atomic mass is 10.2. The number of nitrogens with zero attached hydrogens (tertiary/aromatic N) is 1. The molecule has 3 aromatic rings. The van der Waals surface area contributed by atoms with E-state index >= 15 is 0 Å². The van der Waals surface area contributed by atoms with Crippen molar-refractivity contribution in [3.63, 3.8) is 0 Å². The molecular formula is C20H19ClN2O4S2. The van der Waals surface area contributed by atoms with Crippen LogP contribution in [0, 0.1) is 0 Å². The van der Waals surface area contributed by atoms with E-state index in [0.29, 0.717) is 0 Å². The van der Waals surface area contributed by atoms with Crippen molar-refractivity contribution >= 4 is 37.3 Å². The Morgan fingerprint density at radius 2 is 1.41 bits per heavy atom. The fraction of sp³-hybridized carbons (Fsp3) is 0.100. The standard InChI is InChI=1S/C20H19ClN2O4S2/c1-23(15-16-7-3-2-4-8-16)29(26,27)18-13-11-17(12-14-18)22-28(24,25)20-10-6-5-9-19(20)21/h2-14,22H,15H2,1H3. The largest absolute Gasteiger partial charge is 0.280 e. The van der Waals surface area contributed by atoms with Crippen LogP contribution in [0.2, 0.25) is 5.02 Å². The smallest absolute Gasteiger partial charge is 0.263 e. The lowest BCUT2D eigenvalue weighted by molar-refractivity contribution is 0.467. The minimum atomic E-state index is -3.89. The van der Waals surface area contributed by atoms with Gasteiger partial charge in [0.25, 0.3) is 10.0 Å². The zero-order chi connectivity index (χ0) is 21.1. The van der Waals surface area contributed by atoms with E-state index in [1.54, 1.807) is 12.1 Å². The molecule has 3 rings (SSSR count). The first-order valence-electron chi connectivity index (χ1n) is 8.58. The Hall–Kier alpha value is -2.39. The molecule has 0 aliphatic heterocycles. The Balaban J connectivity index is 1.78. The van der Waals surface area contributed by atoms with Gasteiger partial charge >= 0.3 is 0 Å². The molecule has 0 aliphatic carbocycles. The Kier molecular flexibility index (Phi) is 6.28. The van der Waals surface area contributed by atoms with E-state index in [4.69, 9.17) is 11.6 Å². The zero-order valence-electron chi connectivity index (χ0n) is 15.5. The maximum atomic E-state index is 12.8. The highest BCUT2D eigenvalue weighted by atomic mass is 35.5. The maximum absolute atomic E-state index is 12.8. The topological polar surface area (TPSA) is 83.6 Å². The SMILES string of the molecule is CN(Cc1ccccc1)S(=O)(=O)c1ccc(NS(=O)(=O)c2ccccc2Cl)cc1. The lowest BCUT2D eigenvalue weighted by Gasteiger charge is -2.17. The van der Waals surface area contributed by atoms with Gasteiger partial charge in [0.05, 0.1) is 9.92 Å². The molecule has 0 heterocycles. The molecule has 0 atom stereocenters. The van der Waals surface area contributed by atoms with Gasteiger partial charge in [-0.3, -0.25) is 4.72 Å². The predicted molar refractivity (Wildman–Crippen MR) is 114 cm³/mol. The number of halogens is 1. The second kappa shape index (κ2) is 8.54. The van der Waals surface area contributed by atoms with Crippen molar-refractivity contribution < 1.29 is 16.8 Å². The average Bonchev–Trinajstić information content (AvgIpc) is 2.69. The van der Waals surface area contributed by atoms with Gasteiger partial charge in [-0.25, -0.2) is 16.8 Å². The number of hydrogen-bond donors (Lipinski definition) is 1. The van der Waals surface area contributed by atoms with Crippen molar-refractivity contribution in [1.82, 2.24) is 4.31 Å². The highest BCUT2D eigenvalue weighted by molar-refractivity contribution is 7.92. The van der Waals surface area contributed by atoms with Crippen LogP contribution in [0.1, 0.15) is 5.56 Å².